The molecule has 1 fully saturated rings. The molecule has 6 nitrogen and oxygen atoms in total. The van der Waals surface area contributed by atoms with Gasteiger partial charge in [-0.3, -0.25) is 9.59 Å². The SMILES string of the molecule is O=C(CCNC(=O)c1ccc(-c2ccc(Cl)cc2)s1)N[C@@H]1CCS(=O)(=O)C1. The first-order valence-corrected chi connectivity index (χ1v) is 11.5. The van der Waals surface area contributed by atoms with Crippen molar-refractivity contribution in [3.05, 3.63) is 46.3 Å². The fraction of sp³-hybridized carbons (Fsp3) is 0.333. The van der Waals surface area contributed by atoms with E-state index in [1.54, 1.807) is 18.2 Å². The van der Waals surface area contributed by atoms with Crippen LogP contribution in [0.25, 0.3) is 10.4 Å². The van der Waals surface area contributed by atoms with E-state index in [4.69, 9.17) is 11.6 Å². The largest absolute Gasteiger partial charge is 0.352 e. The monoisotopic (exact) mass is 426 g/mol. The van der Waals surface area contributed by atoms with E-state index in [1.807, 2.05) is 18.2 Å². The maximum Gasteiger partial charge on any atom is 0.261 e. The Morgan fingerprint density at radius 2 is 1.89 bits per heavy atom. The fourth-order valence-corrected chi connectivity index (χ4v) is 5.54. The quantitative estimate of drug-likeness (QED) is 0.742. The topological polar surface area (TPSA) is 92.3 Å². The minimum Gasteiger partial charge on any atom is -0.352 e. The van der Waals surface area contributed by atoms with E-state index >= 15 is 0 Å². The molecular formula is C18H19ClN2O4S2. The zero-order valence-corrected chi connectivity index (χ0v) is 16.8. The average molecular weight is 427 g/mol. The number of halogens is 1. The number of thiophene rings is 1. The molecular weight excluding hydrogens is 408 g/mol. The molecule has 2 aromatic rings. The van der Waals surface area contributed by atoms with Gasteiger partial charge in [-0.1, -0.05) is 23.7 Å². The highest BCUT2D eigenvalue weighted by Gasteiger charge is 2.28. The third-order valence-electron chi connectivity index (χ3n) is 4.19. The van der Waals surface area contributed by atoms with Gasteiger partial charge in [0.25, 0.3) is 5.91 Å². The number of hydrogen-bond acceptors (Lipinski definition) is 5. The molecule has 1 saturated heterocycles. The van der Waals surface area contributed by atoms with Gasteiger partial charge in [0.05, 0.1) is 16.4 Å². The second kappa shape index (κ2) is 8.41. The summed E-state index contributed by atoms with van der Waals surface area (Å²) in [6.45, 7) is 0.193. The Morgan fingerprint density at radius 1 is 1.15 bits per heavy atom. The number of carbonyl (C=O) groups is 2. The van der Waals surface area contributed by atoms with Gasteiger partial charge < -0.3 is 10.6 Å². The van der Waals surface area contributed by atoms with Crippen LogP contribution in [0, 0.1) is 0 Å². The zero-order valence-electron chi connectivity index (χ0n) is 14.4. The van der Waals surface area contributed by atoms with Gasteiger partial charge in [-0.05, 0) is 36.2 Å². The molecule has 1 aliphatic heterocycles. The van der Waals surface area contributed by atoms with Crippen molar-refractivity contribution in [2.75, 3.05) is 18.1 Å². The van der Waals surface area contributed by atoms with Crippen LogP contribution in [0.2, 0.25) is 5.02 Å². The second-order valence-electron chi connectivity index (χ2n) is 6.34. The first-order valence-electron chi connectivity index (χ1n) is 8.46. The van der Waals surface area contributed by atoms with E-state index in [2.05, 4.69) is 10.6 Å². The van der Waals surface area contributed by atoms with Crippen LogP contribution in [0.4, 0.5) is 0 Å². The fourth-order valence-electron chi connectivity index (χ4n) is 2.81. The van der Waals surface area contributed by atoms with Crippen molar-refractivity contribution in [1.29, 1.82) is 0 Å². The number of sulfone groups is 1. The van der Waals surface area contributed by atoms with Crippen molar-refractivity contribution >= 4 is 44.6 Å². The van der Waals surface area contributed by atoms with Crippen LogP contribution in [0.1, 0.15) is 22.5 Å². The standard InChI is InChI=1S/C18H19ClN2O4S2/c19-13-3-1-12(2-4-13)15-5-6-16(26-15)18(23)20-9-7-17(22)21-14-8-10-27(24,25)11-14/h1-6,14H,7-11H2,(H,20,23)(H,21,22)/t14-/m1/s1. The summed E-state index contributed by atoms with van der Waals surface area (Å²) in [6.07, 6.45) is 0.556. The molecule has 2 N–H and O–H groups in total. The lowest BCUT2D eigenvalue weighted by atomic mass is 10.2. The maximum atomic E-state index is 12.2. The molecule has 0 aliphatic carbocycles. The molecule has 144 valence electrons. The number of amides is 2. The van der Waals surface area contributed by atoms with Gasteiger partial charge in [0.1, 0.15) is 0 Å². The molecule has 0 spiro atoms. The van der Waals surface area contributed by atoms with E-state index in [1.165, 1.54) is 11.3 Å². The Balaban J connectivity index is 1.45. The molecule has 1 aliphatic rings. The van der Waals surface area contributed by atoms with Crippen molar-refractivity contribution in [2.45, 2.75) is 18.9 Å². The molecule has 1 aromatic heterocycles. The second-order valence-corrected chi connectivity index (χ2v) is 10.1. The van der Waals surface area contributed by atoms with Gasteiger partial charge >= 0.3 is 0 Å². The highest BCUT2D eigenvalue weighted by atomic mass is 35.5. The van der Waals surface area contributed by atoms with Crippen LogP contribution in [0.5, 0.6) is 0 Å². The number of rotatable bonds is 6. The number of carbonyl (C=O) groups excluding carboxylic acids is 2. The van der Waals surface area contributed by atoms with Crippen LogP contribution < -0.4 is 10.6 Å². The van der Waals surface area contributed by atoms with Crippen LogP contribution >= 0.6 is 22.9 Å². The van der Waals surface area contributed by atoms with Gasteiger partial charge in [0.2, 0.25) is 5.91 Å². The minimum atomic E-state index is -3.02. The molecule has 0 radical (unpaired) electrons. The van der Waals surface area contributed by atoms with Gasteiger partial charge in [0, 0.05) is 28.9 Å². The smallest absolute Gasteiger partial charge is 0.261 e. The Hall–Kier alpha value is -1.90. The summed E-state index contributed by atoms with van der Waals surface area (Å²) < 4.78 is 22.8. The molecule has 1 atom stereocenters. The third kappa shape index (κ3) is 5.54. The Labute approximate surface area is 166 Å². The molecule has 1 aromatic carbocycles. The van der Waals surface area contributed by atoms with E-state index in [-0.39, 0.29) is 42.3 Å². The Kier molecular flexibility index (Phi) is 6.18. The molecule has 3 rings (SSSR count). The van der Waals surface area contributed by atoms with Crippen molar-refractivity contribution in [3.8, 4) is 10.4 Å². The van der Waals surface area contributed by atoms with Crippen molar-refractivity contribution in [2.24, 2.45) is 0 Å². The van der Waals surface area contributed by atoms with Gasteiger partial charge in [-0.2, -0.15) is 0 Å². The molecule has 2 amide bonds. The van der Waals surface area contributed by atoms with Crippen LogP contribution in [-0.2, 0) is 14.6 Å². The summed E-state index contributed by atoms with van der Waals surface area (Å²) in [6, 6.07) is 10.7. The summed E-state index contributed by atoms with van der Waals surface area (Å²) in [5.41, 5.74) is 0.981. The molecule has 0 unspecified atom stereocenters. The number of nitrogens with one attached hydrogen (secondary N) is 2. The first-order chi connectivity index (χ1) is 12.8. The Morgan fingerprint density at radius 3 is 2.56 bits per heavy atom. The van der Waals surface area contributed by atoms with E-state index in [0.29, 0.717) is 16.3 Å². The zero-order chi connectivity index (χ0) is 19.4. The lowest BCUT2D eigenvalue weighted by Gasteiger charge is -2.10. The highest BCUT2D eigenvalue weighted by Crippen LogP contribution is 2.29. The van der Waals surface area contributed by atoms with E-state index < -0.39 is 9.84 Å². The van der Waals surface area contributed by atoms with Crippen LogP contribution in [0.3, 0.4) is 0 Å². The first kappa shape index (κ1) is 19.9. The average Bonchev–Trinajstić information content (AvgIpc) is 3.22. The molecule has 9 heteroatoms. The minimum absolute atomic E-state index is 0.00618. The highest BCUT2D eigenvalue weighted by molar-refractivity contribution is 7.91. The normalized spacial score (nSPS) is 18.2. The molecule has 0 bridgehead atoms. The molecule has 0 saturated carbocycles. The summed E-state index contributed by atoms with van der Waals surface area (Å²) in [7, 11) is -3.02. The predicted octanol–water partition coefficient (Wildman–Crippen LogP) is 2.49. The van der Waals surface area contributed by atoms with Crippen molar-refractivity contribution in [1.82, 2.24) is 10.6 Å². The molecule has 2 heterocycles. The third-order valence-corrected chi connectivity index (χ3v) is 7.35. The lowest BCUT2D eigenvalue weighted by molar-refractivity contribution is -0.121. The van der Waals surface area contributed by atoms with Gasteiger partial charge in [0.15, 0.2) is 9.84 Å². The van der Waals surface area contributed by atoms with E-state index in [9.17, 15) is 18.0 Å². The summed E-state index contributed by atoms with van der Waals surface area (Å²) >= 11 is 7.24. The lowest BCUT2D eigenvalue weighted by Crippen LogP contribution is -2.37. The van der Waals surface area contributed by atoms with Crippen LogP contribution in [0.15, 0.2) is 36.4 Å². The predicted molar refractivity (Wildman–Crippen MR) is 107 cm³/mol. The van der Waals surface area contributed by atoms with Crippen molar-refractivity contribution < 1.29 is 18.0 Å². The van der Waals surface area contributed by atoms with Gasteiger partial charge in [-0.15, -0.1) is 11.3 Å². The van der Waals surface area contributed by atoms with E-state index in [0.717, 1.165) is 10.4 Å². The molecule has 27 heavy (non-hydrogen) atoms. The Bertz CT molecular complexity index is 939. The van der Waals surface area contributed by atoms with Crippen LogP contribution in [-0.4, -0.2) is 44.3 Å². The van der Waals surface area contributed by atoms with Gasteiger partial charge in [-0.25, -0.2) is 8.42 Å². The number of hydrogen-bond donors (Lipinski definition) is 2. The summed E-state index contributed by atoms with van der Waals surface area (Å²) in [5, 5.41) is 6.07. The van der Waals surface area contributed by atoms with Crippen molar-refractivity contribution in [3.63, 3.8) is 0 Å². The summed E-state index contributed by atoms with van der Waals surface area (Å²) in [4.78, 5) is 25.6. The number of benzene rings is 1. The maximum absolute atomic E-state index is 12.2. The summed E-state index contributed by atoms with van der Waals surface area (Å²) in [5.74, 6) is -0.390.